The number of piperidine rings is 1. The number of halogens is 1. The van der Waals surface area contributed by atoms with Gasteiger partial charge in [0.1, 0.15) is 0 Å². The van der Waals surface area contributed by atoms with E-state index in [4.69, 9.17) is 4.74 Å². The van der Waals surface area contributed by atoms with E-state index in [1.807, 2.05) is 25.7 Å². The van der Waals surface area contributed by atoms with E-state index in [0.29, 0.717) is 38.6 Å². The predicted molar refractivity (Wildman–Crippen MR) is 126 cm³/mol. The van der Waals surface area contributed by atoms with Crippen molar-refractivity contribution in [2.45, 2.75) is 45.3 Å². The van der Waals surface area contributed by atoms with Gasteiger partial charge in [0, 0.05) is 59.9 Å². The second kappa shape index (κ2) is 12.3. The Labute approximate surface area is 189 Å². The molecule has 0 radical (unpaired) electrons. The van der Waals surface area contributed by atoms with E-state index in [-0.39, 0.29) is 40.5 Å². The monoisotopic (exact) mass is 528 g/mol. The van der Waals surface area contributed by atoms with E-state index in [0.717, 1.165) is 38.4 Å². The summed E-state index contributed by atoms with van der Waals surface area (Å²) in [5, 5.41) is 3.34. The van der Waals surface area contributed by atoms with Crippen molar-refractivity contribution in [1.82, 2.24) is 15.1 Å². The standard InChI is InChI=1S/C19H36N4O3S.HI/c1-5-20-18(21-8-15-27(25)19(2,3)4)23-9-6-16(7-10-23)17(24)22-11-13-26-14-12-22;/h16H,5-15H2,1-4H3,(H,20,21);1H. The molecule has 1 N–H and O–H groups in total. The van der Waals surface area contributed by atoms with Crippen molar-refractivity contribution in [2.24, 2.45) is 10.9 Å². The number of likely N-dealkylation sites (tertiary alicyclic amines) is 1. The van der Waals surface area contributed by atoms with Crippen LogP contribution in [0.1, 0.15) is 40.5 Å². The minimum Gasteiger partial charge on any atom is -0.378 e. The van der Waals surface area contributed by atoms with Gasteiger partial charge < -0.3 is 19.9 Å². The molecule has 0 saturated carbocycles. The van der Waals surface area contributed by atoms with Gasteiger partial charge in [-0.05, 0) is 40.5 Å². The van der Waals surface area contributed by atoms with Gasteiger partial charge in [0.2, 0.25) is 5.91 Å². The van der Waals surface area contributed by atoms with Gasteiger partial charge in [-0.1, -0.05) is 0 Å². The average molecular weight is 529 g/mol. The summed E-state index contributed by atoms with van der Waals surface area (Å²) in [6.07, 6.45) is 1.71. The Morgan fingerprint density at radius 1 is 1.14 bits per heavy atom. The van der Waals surface area contributed by atoms with Crippen molar-refractivity contribution >= 4 is 46.6 Å². The molecule has 2 fully saturated rings. The molecular formula is C19H37IN4O3S. The minimum atomic E-state index is -0.891. The maximum atomic E-state index is 12.7. The topological polar surface area (TPSA) is 74.2 Å². The van der Waals surface area contributed by atoms with Crippen molar-refractivity contribution in [2.75, 3.05) is 58.2 Å². The molecule has 2 aliphatic rings. The molecule has 2 saturated heterocycles. The van der Waals surface area contributed by atoms with Gasteiger partial charge in [0.25, 0.3) is 0 Å². The molecule has 2 aliphatic heterocycles. The van der Waals surface area contributed by atoms with Gasteiger partial charge >= 0.3 is 0 Å². The number of aliphatic imine (C=N–C) groups is 1. The summed E-state index contributed by atoms with van der Waals surface area (Å²) in [6.45, 7) is 13.8. The molecule has 0 spiro atoms. The number of ether oxygens (including phenoxy) is 1. The average Bonchev–Trinajstić information content (AvgIpc) is 2.66. The smallest absolute Gasteiger partial charge is 0.225 e. The van der Waals surface area contributed by atoms with Gasteiger partial charge in [-0.15, -0.1) is 24.0 Å². The molecule has 164 valence electrons. The first kappa shape index (κ1) is 25.6. The van der Waals surface area contributed by atoms with Crippen LogP contribution in [0.15, 0.2) is 4.99 Å². The number of nitrogens with one attached hydrogen (secondary N) is 1. The number of carbonyl (C=O) groups is 1. The first-order valence-corrected chi connectivity index (χ1v) is 11.4. The molecule has 0 aliphatic carbocycles. The number of carbonyl (C=O) groups excluding carboxylic acids is 1. The molecular weight excluding hydrogens is 491 g/mol. The Kier molecular flexibility index (Phi) is 11.3. The third-order valence-corrected chi connectivity index (χ3v) is 6.94. The maximum absolute atomic E-state index is 12.7. The third-order valence-electron chi connectivity index (χ3n) is 5.02. The number of hydrogen-bond acceptors (Lipinski definition) is 4. The lowest BCUT2D eigenvalue weighted by Crippen LogP contribution is -2.50. The third kappa shape index (κ3) is 7.78. The summed E-state index contributed by atoms with van der Waals surface area (Å²) >= 11 is 0. The highest BCUT2D eigenvalue weighted by atomic mass is 127. The zero-order valence-electron chi connectivity index (χ0n) is 17.7. The van der Waals surface area contributed by atoms with Crippen LogP contribution in [0.4, 0.5) is 0 Å². The summed E-state index contributed by atoms with van der Waals surface area (Å²) in [6, 6.07) is 0. The van der Waals surface area contributed by atoms with Gasteiger partial charge in [-0.3, -0.25) is 14.0 Å². The highest BCUT2D eigenvalue weighted by molar-refractivity contribution is 14.0. The van der Waals surface area contributed by atoms with Crippen LogP contribution in [0.2, 0.25) is 0 Å². The lowest BCUT2D eigenvalue weighted by atomic mass is 9.95. The van der Waals surface area contributed by atoms with Crippen LogP contribution in [0.5, 0.6) is 0 Å². The maximum Gasteiger partial charge on any atom is 0.225 e. The summed E-state index contributed by atoms with van der Waals surface area (Å²) in [7, 11) is -0.891. The number of nitrogens with zero attached hydrogens (tertiary/aromatic N) is 3. The summed E-state index contributed by atoms with van der Waals surface area (Å²) in [5.41, 5.74) is 0. The first-order valence-electron chi connectivity index (χ1n) is 10.1. The molecule has 1 amide bonds. The van der Waals surface area contributed by atoms with Gasteiger partial charge in [0.05, 0.1) is 19.8 Å². The quantitative estimate of drug-likeness (QED) is 0.334. The summed E-state index contributed by atoms with van der Waals surface area (Å²) < 4.78 is 17.3. The molecule has 1 unspecified atom stereocenters. The Hall–Kier alpha value is -0.420. The fraction of sp³-hybridized carbons (Fsp3) is 0.895. The van der Waals surface area contributed by atoms with E-state index in [2.05, 4.69) is 22.1 Å². The predicted octanol–water partition coefficient (Wildman–Crippen LogP) is 1.69. The molecule has 28 heavy (non-hydrogen) atoms. The van der Waals surface area contributed by atoms with Crippen molar-refractivity contribution in [1.29, 1.82) is 0 Å². The van der Waals surface area contributed by atoms with Crippen LogP contribution in [0, 0.1) is 5.92 Å². The number of hydrogen-bond donors (Lipinski definition) is 1. The SMILES string of the molecule is CCNC(=NCCS(=O)C(C)(C)C)N1CCC(C(=O)N2CCOCC2)CC1.I. The van der Waals surface area contributed by atoms with Crippen LogP contribution in [0.25, 0.3) is 0 Å². The largest absolute Gasteiger partial charge is 0.378 e. The zero-order chi connectivity index (χ0) is 19.9. The molecule has 2 heterocycles. The molecule has 0 bridgehead atoms. The van der Waals surface area contributed by atoms with Crippen molar-refractivity contribution in [3.8, 4) is 0 Å². The normalized spacial score (nSPS) is 20.5. The number of morpholine rings is 1. The first-order chi connectivity index (χ1) is 12.8. The molecule has 0 aromatic heterocycles. The van der Waals surface area contributed by atoms with E-state index in [1.54, 1.807) is 0 Å². The van der Waals surface area contributed by atoms with Gasteiger partial charge in [0.15, 0.2) is 5.96 Å². The van der Waals surface area contributed by atoms with Crippen LogP contribution in [0.3, 0.4) is 0 Å². The fourth-order valence-electron chi connectivity index (χ4n) is 3.35. The molecule has 9 heteroatoms. The van der Waals surface area contributed by atoms with Gasteiger partial charge in [-0.2, -0.15) is 0 Å². The second-order valence-electron chi connectivity index (χ2n) is 8.10. The van der Waals surface area contributed by atoms with Crippen LogP contribution >= 0.6 is 24.0 Å². The van der Waals surface area contributed by atoms with E-state index in [9.17, 15) is 9.00 Å². The second-order valence-corrected chi connectivity index (χ2v) is 10.4. The van der Waals surface area contributed by atoms with Crippen molar-refractivity contribution in [3.63, 3.8) is 0 Å². The Balaban J connectivity index is 0.00000392. The highest BCUT2D eigenvalue weighted by Crippen LogP contribution is 2.20. The van der Waals surface area contributed by atoms with Crippen LogP contribution in [-0.4, -0.2) is 88.9 Å². The molecule has 1 atom stereocenters. The molecule has 0 aromatic carbocycles. The molecule has 0 aromatic rings. The molecule has 7 nitrogen and oxygen atoms in total. The zero-order valence-corrected chi connectivity index (χ0v) is 20.9. The van der Waals surface area contributed by atoms with Gasteiger partial charge in [-0.25, -0.2) is 0 Å². The Morgan fingerprint density at radius 2 is 1.75 bits per heavy atom. The number of amides is 1. The minimum absolute atomic E-state index is 0. The highest BCUT2D eigenvalue weighted by Gasteiger charge is 2.30. The lowest BCUT2D eigenvalue weighted by Gasteiger charge is -2.36. The lowest BCUT2D eigenvalue weighted by molar-refractivity contribution is -0.140. The number of guanidine groups is 1. The van der Waals surface area contributed by atoms with E-state index in [1.165, 1.54) is 0 Å². The van der Waals surface area contributed by atoms with E-state index < -0.39 is 10.8 Å². The van der Waals surface area contributed by atoms with Crippen LogP contribution in [-0.2, 0) is 20.3 Å². The summed E-state index contributed by atoms with van der Waals surface area (Å²) in [4.78, 5) is 21.5. The van der Waals surface area contributed by atoms with Crippen molar-refractivity contribution < 1.29 is 13.7 Å². The summed E-state index contributed by atoms with van der Waals surface area (Å²) in [5.74, 6) is 1.83. The molecule has 2 rings (SSSR count). The van der Waals surface area contributed by atoms with Crippen molar-refractivity contribution in [3.05, 3.63) is 0 Å². The Morgan fingerprint density at radius 3 is 2.29 bits per heavy atom. The van der Waals surface area contributed by atoms with Crippen LogP contribution < -0.4 is 5.32 Å². The number of rotatable bonds is 5. The fourth-order valence-corrected chi connectivity index (χ4v) is 4.22. The van der Waals surface area contributed by atoms with E-state index >= 15 is 0 Å². The Bertz CT molecular complexity index is 540.